The lowest BCUT2D eigenvalue weighted by Crippen LogP contribution is -2.28. The van der Waals surface area contributed by atoms with Gasteiger partial charge in [-0.05, 0) is 79.9 Å². The zero-order valence-electron chi connectivity index (χ0n) is 30.9. The first-order valence-corrected chi connectivity index (χ1v) is 19.1. The molecule has 0 bridgehead atoms. The van der Waals surface area contributed by atoms with Crippen LogP contribution in [0.5, 0.6) is 0 Å². The average molecular weight is 727 g/mol. The Balaban J connectivity index is 1.12. The molecule has 1 aromatic heterocycles. The van der Waals surface area contributed by atoms with Crippen LogP contribution in [0.4, 0.5) is 0 Å². The van der Waals surface area contributed by atoms with Gasteiger partial charge in [-0.25, -0.2) is 15.0 Å². The number of hydrogen-bond donors (Lipinski definition) is 0. The Bertz CT molecular complexity index is 2900. The highest BCUT2D eigenvalue weighted by Gasteiger charge is 2.46. The standard InChI is InChI=1S/C53H34N4/c54-35-36-24-30-46-47-31-29-42(34-49(47)53(48(46)32-36,44-20-9-3-10-21-44)45-22-11-4-12-23-45)41-18-13-19-43(33-41)52-56-50(39-16-7-2-8-17-39)55-51(57-52)40-27-25-38(26-28-40)37-14-5-1-6-15-37/h1-34H. The van der Waals surface area contributed by atoms with E-state index in [2.05, 4.69) is 170 Å². The molecule has 1 aliphatic carbocycles. The van der Waals surface area contributed by atoms with Crippen LogP contribution in [0.25, 0.3) is 67.5 Å². The van der Waals surface area contributed by atoms with E-state index in [1.807, 2.05) is 42.5 Å². The van der Waals surface area contributed by atoms with E-state index >= 15 is 0 Å². The van der Waals surface area contributed by atoms with Crippen molar-refractivity contribution in [1.82, 2.24) is 15.0 Å². The fourth-order valence-electron chi connectivity index (χ4n) is 8.37. The highest BCUT2D eigenvalue weighted by molar-refractivity contribution is 5.89. The monoisotopic (exact) mass is 726 g/mol. The molecule has 4 heteroatoms. The lowest BCUT2D eigenvalue weighted by atomic mass is 9.67. The summed E-state index contributed by atoms with van der Waals surface area (Å²) in [6.07, 6.45) is 0. The van der Waals surface area contributed by atoms with Crippen molar-refractivity contribution in [2.24, 2.45) is 0 Å². The van der Waals surface area contributed by atoms with Crippen molar-refractivity contribution < 1.29 is 0 Å². The number of hydrogen-bond acceptors (Lipinski definition) is 4. The van der Waals surface area contributed by atoms with Crippen molar-refractivity contribution in [3.05, 3.63) is 234 Å². The molecule has 0 unspecified atom stereocenters. The van der Waals surface area contributed by atoms with Gasteiger partial charge < -0.3 is 0 Å². The second-order valence-electron chi connectivity index (χ2n) is 14.3. The van der Waals surface area contributed by atoms with Crippen molar-refractivity contribution >= 4 is 0 Å². The molecule has 0 atom stereocenters. The van der Waals surface area contributed by atoms with Crippen LogP contribution in [-0.2, 0) is 5.41 Å². The summed E-state index contributed by atoms with van der Waals surface area (Å²) in [4.78, 5) is 15.1. The van der Waals surface area contributed by atoms with Gasteiger partial charge in [0.1, 0.15) is 0 Å². The van der Waals surface area contributed by atoms with Crippen molar-refractivity contribution in [1.29, 1.82) is 5.26 Å². The number of aromatic nitrogens is 3. The van der Waals surface area contributed by atoms with Gasteiger partial charge in [-0.15, -0.1) is 0 Å². The third kappa shape index (κ3) is 5.90. The fourth-order valence-corrected chi connectivity index (χ4v) is 8.37. The molecule has 266 valence electrons. The average Bonchev–Trinajstić information content (AvgIpc) is 3.59. The first-order chi connectivity index (χ1) is 28.2. The van der Waals surface area contributed by atoms with Crippen LogP contribution in [-0.4, -0.2) is 15.0 Å². The number of benzene rings is 8. The molecule has 0 saturated carbocycles. The summed E-state index contributed by atoms with van der Waals surface area (Å²) in [5.41, 5.74) is 14.1. The first kappa shape index (κ1) is 33.8. The summed E-state index contributed by atoms with van der Waals surface area (Å²) >= 11 is 0. The largest absolute Gasteiger partial charge is 0.208 e. The lowest BCUT2D eigenvalue weighted by Gasteiger charge is -2.34. The van der Waals surface area contributed by atoms with Gasteiger partial charge >= 0.3 is 0 Å². The predicted molar refractivity (Wildman–Crippen MR) is 229 cm³/mol. The normalized spacial score (nSPS) is 12.3. The van der Waals surface area contributed by atoms with Crippen molar-refractivity contribution in [2.75, 3.05) is 0 Å². The number of nitriles is 1. The Morgan fingerprint density at radius 1 is 0.333 bits per heavy atom. The highest BCUT2D eigenvalue weighted by Crippen LogP contribution is 2.57. The second kappa shape index (κ2) is 14.2. The predicted octanol–water partition coefficient (Wildman–Crippen LogP) is 12.4. The van der Waals surface area contributed by atoms with Gasteiger partial charge in [0.15, 0.2) is 17.5 Å². The van der Waals surface area contributed by atoms with Crippen LogP contribution >= 0.6 is 0 Å². The van der Waals surface area contributed by atoms with Crippen molar-refractivity contribution in [2.45, 2.75) is 5.41 Å². The molecule has 8 aromatic carbocycles. The summed E-state index contributed by atoms with van der Waals surface area (Å²) in [5.74, 6) is 1.84. The number of rotatable bonds is 7. The molecule has 0 radical (unpaired) electrons. The van der Waals surface area contributed by atoms with E-state index in [4.69, 9.17) is 15.0 Å². The zero-order valence-corrected chi connectivity index (χ0v) is 30.9. The molecule has 10 rings (SSSR count). The summed E-state index contributed by atoms with van der Waals surface area (Å²) in [5, 5.41) is 10.1. The Labute approximate surface area is 332 Å². The van der Waals surface area contributed by atoms with E-state index in [9.17, 15) is 5.26 Å². The van der Waals surface area contributed by atoms with Crippen LogP contribution in [0.3, 0.4) is 0 Å². The fraction of sp³-hybridized carbons (Fsp3) is 0.0189. The SMILES string of the molecule is N#Cc1ccc2c(c1)C(c1ccccc1)(c1ccccc1)c1cc(-c3cccc(-c4nc(-c5ccccc5)nc(-c5ccc(-c6ccccc6)cc5)n4)c3)ccc1-2. The summed E-state index contributed by atoms with van der Waals surface area (Å²) < 4.78 is 0. The molecule has 0 aliphatic heterocycles. The molecule has 1 aliphatic rings. The molecule has 0 saturated heterocycles. The van der Waals surface area contributed by atoms with Gasteiger partial charge in [0.05, 0.1) is 17.0 Å². The van der Waals surface area contributed by atoms with Crippen LogP contribution < -0.4 is 0 Å². The van der Waals surface area contributed by atoms with Gasteiger partial charge in [0, 0.05) is 16.7 Å². The highest BCUT2D eigenvalue weighted by atomic mass is 15.0. The number of nitrogens with zero attached hydrogens (tertiary/aromatic N) is 4. The van der Waals surface area contributed by atoms with Crippen LogP contribution in [0, 0.1) is 11.3 Å². The molecular formula is C53H34N4. The third-order valence-electron chi connectivity index (χ3n) is 11.1. The molecule has 0 amide bonds. The molecule has 9 aromatic rings. The van der Waals surface area contributed by atoms with E-state index in [-0.39, 0.29) is 0 Å². The van der Waals surface area contributed by atoms with Crippen LogP contribution in [0.2, 0.25) is 0 Å². The molecule has 0 spiro atoms. The van der Waals surface area contributed by atoms with Crippen molar-refractivity contribution in [3.8, 4) is 73.6 Å². The maximum atomic E-state index is 10.1. The second-order valence-corrected chi connectivity index (χ2v) is 14.3. The molecular weight excluding hydrogens is 693 g/mol. The van der Waals surface area contributed by atoms with E-state index in [1.165, 1.54) is 5.56 Å². The summed E-state index contributed by atoms with van der Waals surface area (Å²) in [6.45, 7) is 0. The Morgan fingerprint density at radius 2 is 0.737 bits per heavy atom. The third-order valence-corrected chi connectivity index (χ3v) is 11.1. The van der Waals surface area contributed by atoms with Gasteiger partial charge in [-0.2, -0.15) is 5.26 Å². The van der Waals surface area contributed by atoms with E-state index in [1.54, 1.807) is 0 Å². The summed E-state index contributed by atoms with van der Waals surface area (Å²) in [6, 6.07) is 74.0. The van der Waals surface area contributed by atoms with Gasteiger partial charge in [-0.3, -0.25) is 0 Å². The minimum Gasteiger partial charge on any atom is -0.208 e. The minimum absolute atomic E-state index is 0.605. The van der Waals surface area contributed by atoms with Crippen molar-refractivity contribution in [3.63, 3.8) is 0 Å². The van der Waals surface area contributed by atoms with Gasteiger partial charge in [0.2, 0.25) is 0 Å². The van der Waals surface area contributed by atoms with Crippen LogP contribution in [0.1, 0.15) is 27.8 Å². The Hall–Kier alpha value is -7.74. The summed E-state index contributed by atoms with van der Waals surface area (Å²) in [7, 11) is 0. The van der Waals surface area contributed by atoms with Gasteiger partial charge in [-0.1, -0.05) is 182 Å². The van der Waals surface area contributed by atoms with Gasteiger partial charge in [0.25, 0.3) is 0 Å². The smallest absolute Gasteiger partial charge is 0.164 e. The Kier molecular flexibility index (Phi) is 8.39. The van der Waals surface area contributed by atoms with E-state index < -0.39 is 5.41 Å². The molecule has 0 fully saturated rings. The molecule has 4 nitrogen and oxygen atoms in total. The molecule has 57 heavy (non-hydrogen) atoms. The topological polar surface area (TPSA) is 62.5 Å². The minimum atomic E-state index is -0.628. The van der Waals surface area contributed by atoms with E-state index in [0.29, 0.717) is 23.0 Å². The quantitative estimate of drug-likeness (QED) is 0.164. The zero-order chi connectivity index (χ0) is 38.2. The molecule has 1 heterocycles. The maximum Gasteiger partial charge on any atom is 0.164 e. The maximum absolute atomic E-state index is 10.1. The number of fused-ring (bicyclic) bond motifs is 3. The molecule has 0 N–H and O–H groups in total. The Morgan fingerprint density at radius 3 is 1.33 bits per heavy atom. The first-order valence-electron chi connectivity index (χ1n) is 19.1. The lowest BCUT2D eigenvalue weighted by molar-refractivity contribution is 0.768. The van der Waals surface area contributed by atoms with E-state index in [0.717, 1.165) is 66.8 Å². The van der Waals surface area contributed by atoms with Crippen LogP contribution in [0.15, 0.2) is 206 Å².